The van der Waals surface area contributed by atoms with Gasteiger partial charge in [0.15, 0.2) is 11.5 Å². The van der Waals surface area contributed by atoms with Crippen molar-refractivity contribution < 1.29 is 13.6 Å². The van der Waals surface area contributed by atoms with Crippen molar-refractivity contribution in [1.82, 2.24) is 10.3 Å². The van der Waals surface area contributed by atoms with Crippen molar-refractivity contribution in [3.63, 3.8) is 0 Å². The second-order valence-electron chi connectivity index (χ2n) is 6.16. The van der Waals surface area contributed by atoms with Crippen molar-refractivity contribution in [3.05, 3.63) is 65.3 Å². The number of rotatable bonds is 7. The van der Waals surface area contributed by atoms with E-state index in [9.17, 15) is 9.18 Å². The molecule has 130 valence electrons. The molecular weight excluding hydrogens is 319 g/mol. The zero-order chi connectivity index (χ0) is 17.6. The first-order valence-corrected chi connectivity index (χ1v) is 8.47. The average Bonchev–Trinajstić information content (AvgIpc) is 2.98. The Balaban J connectivity index is 1.39. The number of nitrogens with zero attached hydrogens (tertiary/aromatic N) is 1. The Morgan fingerprint density at radius 2 is 1.96 bits per heavy atom. The van der Waals surface area contributed by atoms with Crippen LogP contribution in [0.3, 0.4) is 0 Å². The second-order valence-corrected chi connectivity index (χ2v) is 6.16. The van der Waals surface area contributed by atoms with E-state index in [4.69, 9.17) is 4.42 Å². The molecule has 0 bridgehead atoms. The van der Waals surface area contributed by atoms with Gasteiger partial charge in [-0.2, -0.15) is 0 Å². The van der Waals surface area contributed by atoms with E-state index in [0.717, 1.165) is 22.2 Å². The first-order chi connectivity index (χ1) is 12.1. The smallest absolute Gasteiger partial charge is 0.220 e. The molecule has 0 aliphatic heterocycles. The minimum atomic E-state index is -0.248. The molecule has 1 heterocycles. The maximum absolute atomic E-state index is 12.8. The third kappa shape index (κ3) is 4.89. The molecule has 1 amide bonds. The molecule has 0 saturated carbocycles. The number of benzene rings is 2. The molecular formula is C20H21FN2O2. The zero-order valence-corrected chi connectivity index (χ0v) is 14.2. The van der Waals surface area contributed by atoms with Gasteiger partial charge in [0.05, 0.1) is 0 Å². The normalized spacial score (nSPS) is 11.0. The number of halogens is 1. The largest absolute Gasteiger partial charge is 0.441 e. The van der Waals surface area contributed by atoms with Gasteiger partial charge >= 0.3 is 0 Å². The first-order valence-electron chi connectivity index (χ1n) is 8.47. The van der Waals surface area contributed by atoms with Gasteiger partial charge < -0.3 is 9.73 Å². The molecule has 0 aliphatic carbocycles. The third-order valence-electron chi connectivity index (χ3n) is 4.03. The summed E-state index contributed by atoms with van der Waals surface area (Å²) < 4.78 is 18.5. The monoisotopic (exact) mass is 340 g/mol. The van der Waals surface area contributed by atoms with Crippen molar-refractivity contribution in [1.29, 1.82) is 0 Å². The summed E-state index contributed by atoms with van der Waals surface area (Å²) in [7, 11) is 0. The number of carbonyl (C=O) groups excluding carboxylic acids is 1. The summed E-state index contributed by atoms with van der Waals surface area (Å²) >= 11 is 0. The van der Waals surface area contributed by atoms with Gasteiger partial charge in [-0.1, -0.05) is 18.2 Å². The van der Waals surface area contributed by atoms with Crippen molar-refractivity contribution in [2.75, 3.05) is 6.54 Å². The molecule has 2 aromatic carbocycles. The van der Waals surface area contributed by atoms with E-state index < -0.39 is 0 Å². The van der Waals surface area contributed by atoms with Gasteiger partial charge in [0.25, 0.3) is 0 Å². The fourth-order valence-corrected chi connectivity index (χ4v) is 2.68. The van der Waals surface area contributed by atoms with Gasteiger partial charge in [0.1, 0.15) is 11.3 Å². The highest BCUT2D eigenvalue weighted by atomic mass is 19.1. The Morgan fingerprint density at radius 1 is 1.16 bits per heavy atom. The zero-order valence-electron chi connectivity index (χ0n) is 14.2. The maximum Gasteiger partial charge on any atom is 0.220 e. The fraction of sp³-hybridized carbons (Fsp3) is 0.300. The van der Waals surface area contributed by atoms with Crippen molar-refractivity contribution in [3.8, 4) is 0 Å². The summed E-state index contributed by atoms with van der Waals surface area (Å²) in [6.45, 7) is 2.57. The number of oxazole rings is 1. The Kier molecular flexibility index (Phi) is 5.43. The lowest BCUT2D eigenvalue weighted by atomic mass is 10.1. The van der Waals surface area contributed by atoms with Crippen LogP contribution in [0.5, 0.6) is 0 Å². The van der Waals surface area contributed by atoms with Crippen LogP contribution in [-0.2, 0) is 17.6 Å². The molecule has 0 spiro atoms. The summed E-state index contributed by atoms with van der Waals surface area (Å²) in [5, 5.41) is 2.88. The SMILES string of the molecule is Cc1ccc2oc(CCCC(=O)NCCc3ccc(F)cc3)nc2c1. The van der Waals surface area contributed by atoms with Crippen LogP contribution in [0.15, 0.2) is 46.9 Å². The highest BCUT2D eigenvalue weighted by Crippen LogP contribution is 2.18. The van der Waals surface area contributed by atoms with Crippen LogP contribution in [0.25, 0.3) is 11.1 Å². The van der Waals surface area contributed by atoms with Gasteiger partial charge in [-0.3, -0.25) is 4.79 Å². The molecule has 25 heavy (non-hydrogen) atoms. The Morgan fingerprint density at radius 3 is 2.76 bits per heavy atom. The lowest BCUT2D eigenvalue weighted by Crippen LogP contribution is -2.25. The van der Waals surface area contributed by atoms with Crippen LogP contribution < -0.4 is 5.32 Å². The quantitative estimate of drug-likeness (QED) is 0.708. The number of aryl methyl sites for hydroxylation is 2. The Labute approximate surface area is 146 Å². The lowest BCUT2D eigenvalue weighted by molar-refractivity contribution is -0.121. The third-order valence-corrected chi connectivity index (χ3v) is 4.03. The van der Waals surface area contributed by atoms with Gasteiger partial charge in [0.2, 0.25) is 5.91 Å². The van der Waals surface area contributed by atoms with E-state index in [2.05, 4.69) is 10.3 Å². The maximum atomic E-state index is 12.8. The number of nitrogens with one attached hydrogen (secondary N) is 1. The highest BCUT2D eigenvalue weighted by Gasteiger charge is 2.07. The standard InChI is InChI=1S/C20H21FN2O2/c1-14-5-10-18-17(13-14)23-20(25-18)4-2-3-19(24)22-12-11-15-6-8-16(21)9-7-15/h5-10,13H,2-4,11-12H2,1H3,(H,22,24). The number of aromatic nitrogens is 1. The molecule has 4 nitrogen and oxygen atoms in total. The van der Waals surface area contributed by atoms with Gasteiger partial charge in [-0.25, -0.2) is 9.37 Å². The molecule has 0 saturated heterocycles. The average molecular weight is 340 g/mol. The molecule has 1 aromatic heterocycles. The van der Waals surface area contributed by atoms with E-state index >= 15 is 0 Å². The summed E-state index contributed by atoms with van der Waals surface area (Å²) in [6, 6.07) is 12.2. The van der Waals surface area contributed by atoms with E-state index in [0.29, 0.717) is 38.1 Å². The molecule has 0 atom stereocenters. The van der Waals surface area contributed by atoms with Gasteiger partial charge in [-0.05, 0) is 55.2 Å². The summed E-state index contributed by atoms with van der Waals surface area (Å²) in [5.41, 5.74) is 3.79. The molecule has 0 unspecified atom stereocenters. The Bertz CT molecular complexity index is 856. The van der Waals surface area contributed by atoms with E-state index in [1.54, 1.807) is 12.1 Å². The first kappa shape index (κ1) is 17.1. The predicted octanol–water partition coefficient (Wildman–Crippen LogP) is 3.96. The number of hydrogen-bond donors (Lipinski definition) is 1. The molecule has 0 radical (unpaired) electrons. The summed E-state index contributed by atoms with van der Waals surface area (Å²) in [5.74, 6) is 0.427. The van der Waals surface area contributed by atoms with Crippen LogP contribution in [0.4, 0.5) is 4.39 Å². The molecule has 3 rings (SSSR count). The van der Waals surface area contributed by atoms with Crippen LogP contribution in [0.2, 0.25) is 0 Å². The number of carbonyl (C=O) groups is 1. The Hall–Kier alpha value is -2.69. The van der Waals surface area contributed by atoms with Crippen LogP contribution in [0.1, 0.15) is 29.9 Å². The fourth-order valence-electron chi connectivity index (χ4n) is 2.68. The molecule has 0 aliphatic rings. The van der Waals surface area contributed by atoms with E-state index in [-0.39, 0.29) is 11.7 Å². The van der Waals surface area contributed by atoms with E-state index in [1.807, 2.05) is 25.1 Å². The number of amides is 1. The van der Waals surface area contributed by atoms with Crippen molar-refractivity contribution in [2.24, 2.45) is 0 Å². The van der Waals surface area contributed by atoms with Crippen molar-refractivity contribution in [2.45, 2.75) is 32.6 Å². The highest BCUT2D eigenvalue weighted by molar-refractivity contribution is 5.76. The lowest BCUT2D eigenvalue weighted by Gasteiger charge is -2.05. The van der Waals surface area contributed by atoms with Gasteiger partial charge in [0, 0.05) is 19.4 Å². The van der Waals surface area contributed by atoms with Crippen LogP contribution >= 0.6 is 0 Å². The second kappa shape index (κ2) is 7.92. The minimum absolute atomic E-state index is 0.00840. The van der Waals surface area contributed by atoms with Crippen LogP contribution in [0, 0.1) is 12.7 Å². The topological polar surface area (TPSA) is 55.1 Å². The predicted molar refractivity (Wildman–Crippen MR) is 94.8 cm³/mol. The minimum Gasteiger partial charge on any atom is -0.441 e. The molecule has 1 N–H and O–H groups in total. The molecule has 0 fully saturated rings. The van der Waals surface area contributed by atoms with Gasteiger partial charge in [-0.15, -0.1) is 0 Å². The van der Waals surface area contributed by atoms with Crippen LogP contribution in [-0.4, -0.2) is 17.4 Å². The molecule has 5 heteroatoms. The number of hydrogen-bond acceptors (Lipinski definition) is 3. The van der Waals surface area contributed by atoms with Crippen molar-refractivity contribution >= 4 is 17.0 Å². The summed E-state index contributed by atoms with van der Waals surface area (Å²) in [6.07, 6.45) is 2.45. The summed E-state index contributed by atoms with van der Waals surface area (Å²) in [4.78, 5) is 16.3. The van der Waals surface area contributed by atoms with E-state index in [1.165, 1.54) is 12.1 Å². The number of fused-ring (bicyclic) bond motifs is 1. The molecule has 3 aromatic rings.